The van der Waals surface area contributed by atoms with Gasteiger partial charge in [-0.15, -0.1) is 0 Å². The van der Waals surface area contributed by atoms with Gasteiger partial charge in [-0.25, -0.2) is 15.0 Å². The highest BCUT2D eigenvalue weighted by molar-refractivity contribution is 6.13. The van der Waals surface area contributed by atoms with Gasteiger partial charge in [0.25, 0.3) is 0 Å². The first-order valence-electron chi connectivity index (χ1n) is 22.4. The monoisotopic (exact) mass is 841 g/mol. The third kappa shape index (κ3) is 6.03. The number of hydrogen-bond acceptors (Lipinski definition) is 4. The fraction of sp³-hybridized carbons (Fsp3) is 0.0161. The van der Waals surface area contributed by atoms with Gasteiger partial charge in [0.15, 0.2) is 17.5 Å². The second-order valence-corrected chi connectivity index (χ2v) is 17.1. The van der Waals surface area contributed by atoms with E-state index in [2.05, 4.69) is 164 Å². The van der Waals surface area contributed by atoms with Gasteiger partial charge in [-0.05, 0) is 103 Å². The normalized spacial score (nSPS) is 12.7. The van der Waals surface area contributed by atoms with Crippen LogP contribution in [0.25, 0.3) is 100 Å². The zero-order chi connectivity index (χ0) is 43.6. The van der Waals surface area contributed by atoms with Gasteiger partial charge in [0.05, 0.1) is 5.41 Å². The zero-order valence-electron chi connectivity index (χ0n) is 35.8. The van der Waals surface area contributed by atoms with Crippen molar-refractivity contribution in [3.8, 4) is 67.5 Å². The SMILES string of the molecule is c1ccc(-c2nc(-c3ccccc3)nc(-c3cccc4oc5ccc(-c6ccc7cc(-c8ccc9c(c8)C(c8ccccc8)(c8ccccc8)c8ccccc8-9)ccc7c6)cc5c34)n2)cc1. The van der Waals surface area contributed by atoms with E-state index < -0.39 is 5.41 Å². The first-order valence-corrected chi connectivity index (χ1v) is 22.4. The minimum atomic E-state index is -0.445. The van der Waals surface area contributed by atoms with Gasteiger partial charge < -0.3 is 4.42 Å². The summed E-state index contributed by atoms with van der Waals surface area (Å²) in [4.78, 5) is 15.1. The molecule has 4 nitrogen and oxygen atoms in total. The van der Waals surface area contributed by atoms with Crippen molar-refractivity contribution in [1.29, 1.82) is 0 Å². The highest BCUT2D eigenvalue weighted by Gasteiger charge is 2.46. The molecule has 0 fully saturated rings. The fourth-order valence-electron chi connectivity index (χ4n) is 10.4. The smallest absolute Gasteiger partial charge is 0.164 e. The second-order valence-electron chi connectivity index (χ2n) is 17.1. The van der Waals surface area contributed by atoms with Crippen LogP contribution in [0.3, 0.4) is 0 Å². The molecule has 0 saturated carbocycles. The molecule has 1 aliphatic carbocycles. The quantitative estimate of drug-likeness (QED) is 0.160. The minimum absolute atomic E-state index is 0.445. The van der Waals surface area contributed by atoms with Crippen molar-refractivity contribution in [3.63, 3.8) is 0 Å². The highest BCUT2D eigenvalue weighted by Crippen LogP contribution is 2.56. The molecule has 4 heteroatoms. The molecule has 10 aromatic carbocycles. The molecule has 1 aliphatic rings. The maximum Gasteiger partial charge on any atom is 0.164 e. The first kappa shape index (κ1) is 37.8. The lowest BCUT2D eigenvalue weighted by Gasteiger charge is -2.34. The van der Waals surface area contributed by atoms with E-state index in [1.165, 1.54) is 55.3 Å². The molecule has 66 heavy (non-hydrogen) atoms. The van der Waals surface area contributed by atoms with Crippen LogP contribution in [0.2, 0.25) is 0 Å². The molecule has 0 bridgehead atoms. The van der Waals surface area contributed by atoms with Crippen molar-refractivity contribution in [2.75, 3.05) is 0 Å². The van der Waals surface area contributed by atoms with Crippen LogP contribution >= 0.6 is 0 Å². The lowest BCUT2D eigenvalue weighted by Crippen LogP contribution is -2.28. The first-order chi connectivity index (χ1) is 32.7. The Balaban J connectivity index is 0.897. The standard InChI is InChI=1S/C62H39N3O/c1-5-16-40(17-6-1)59-63-60(41-18-7-2-8-19-41)65-61(64-59)52-25-15-27-57-58(52)53-38-46(33-35-56(53)66-57)44-30-28-43-37-45(31-29-42(43)36-44)47-32-34-51-50-24-13-14-26-54(50)62(55(51)39-47,48-20-9-3-10-21-48)49-22-11-4-12-23-49/h1-39H. The number of hydrogen-bond donors (Lipinski definition) is 0. The summed E-state index contributed by atoms with van der Waals surface area (Å²) in [5.41, 5.74) is 16.3. The summed E-state index contributed by atoms with van der Waals surface area (Å²) in [5, 5.41) is 4.35. The average molecular weight is 842 g/mol. The van der Waals surface area contributed by atoms with Crippen LogP contribution in [0.15, 0.2) is 241 Å². The van der Waals surface area contributed by atoms with Crippen LogP contribution in [0.5, 0.6) is 0 Å². The molecule has 0 aliphatic heterocycles. The number of rotatable bonds is 7. The summed E-state index contributed by atoms with van der Waals surface area (Å²) >= 11 is 0. The number of furan rings is 1. The summed E-state index contributed by atoms with van der Waals surface area (Å²) in [6.07, 6.45) is 0. The van der Waals surface area contributed by atoms with Crippen molar-refractivity contribution in [1.82, 2.24) is 15.0 Å². The molecule has 308 valence electrons. The molecule has 12 aromatic rings. The molecule has 0 saturated heterocycles. The number of benzene rings is 10. The van der Waals surface area contributed by atoms with E-state index >= 15 is 0 Å². The van der Waals surface area contributed by atoms with E-state index in [0.29, 0.717) is 17.5 Å². The van der Waals surface area contributed by atoms with E-state index in [9.17, 15) is 0 Å². The van der Waals surface area contributed by atoms with E-state index in [1.807, 2.05) is 72.8 Å². The zero-order valence-corrected chi connectivity index (χ0v) is 35.8. The van der Waals surface area contributed by atoms with Crippen LogP contribution in [0, 0.1) is 0 Å². The minimum Gasteiger partial charge on any atom is -0.456 e. The summed E-state index contributed by atoms with van der Waals surface area (Å²) in [6.45, 7) is 0. The van der Waals surface area contributed by atoms with Crippen molar-refractivity contribution >= 4 is 32.7 Å². The average Bonchev–Trinajstić information content (AvgIpc) is 3.92. The summed E-state index contributed by atoms with van der Waals surface area (Å²) in [5.74, 6) is 1.85. The molecule has 2 heterocycles. The maximum atomic E-state index is 6.50. The lowest BCUT2D eigenvalue weighted by molar-refractivity contribution is 0.669. The molecule has 13 rings (SSSR count). The summed E-state index contributed by atoms with van der Waals surface area (Å²) in [7, 11) is 0. The molecule has 0 N–H and O–H groups in total. The van der Waals surface area contributed by atoms with Gasteiger partial charge in [-0.3, -0.25) is 0 Å². The van der Waals surface area contributed by atoms with Gasteiger partial charge in [0.2, 0.25) is 0 Å². The Kier molecular flexibility index (Phi) is 8.72. The van der Waals surface area contributed by atoms with E-state index in [1.54, 1.807) is 0 Å². The van der Waals surface area contributed by atoms with Crippen molar-refractivity contribution in [3.05, 3.63) is 259 Å². The molecule has 0 atom stereocenters. The van der Waals surface area contributed by atoms with Gasteiger partial charge in [-0.1, -0.05) is 200 Å². The molecule has 2 aromatic heterocycles. The Hall–Kier alpha value is -8.73. The van der Waals surface area contributed by atoms with Gasteiger partial charge in [0, 0.05) is 27.5 Å². The Labute approximate surface area is 382 Å². The van der Waals surface area contributed by atoms with Crippen molar-refractivity contribution in [2.24, 2.45) is 0 Å². The Morgan fingerprint density at radius 3 is 1.42 bits per heavy atom. The largest absolute Gasteiger partial charge is 0.456 e. The number of aromatic nitrogens is 3. The molecule has 0 spiro atoms. The summed E-state index contributed by atoms with van der Waals surface area (Å²) < 4.78 is 6.50. The van der Waals surface area contributed by atoms with Gasteiger partial charge in [-0.2, -0.15) is 0 Å². The van der Waals surface area contributed by atoms with Gasteiger partial charge in [0.1, 0.15) is 11.2 Å². The molecule has 0 amide bonds. The van der Waals surface area contributed by atoms with Crippen LogP contribution < -0.4 is 0 Å². The van der Waals surface area contributed by atoms with E-state index in [4.69, 9.17) is 19.4 Å². The van der Waals surface area contributed by atoms with E-state index in [-0.39, 0.29) is 0 Å². The lowest BCUT2D eigenvalue weighted by atomic mass is 9.67. The van der Waals surface area contributed by atoms with E-state index in [0.717, 1.165) is 49.8 Å². The Morgan fingerprint density at radius 1 is 0.303 bits per heavy atom. The molecule has 0 radical (unpaired) electrons. The van der Waals surface area contributed by atoms with Crippen molar-refractivity contribution in [2.45, 2.75) is 5.41 Å². The fourth-order valence-corrected chi connectivity index (χ4v) is 10.4. The van der Waals surface area contributed by atoms with Crippen molar-refractivity contribution < 1.29 is 4.42 Å². The second kappa shape index (κ2) is 15.2. The Morgan fingerprint density at radius 2 is 0.788 bits per heavy atom. The molecular weight excluding hydrogens is 803 g/mol. The molecule has 0 unspecified atom stereocenters. The van der Waals surface area contributed by atoms with Crippen LogP contribution in [-0.2, 0) is 5.41 Å². The third-order valence-electron chi connectivity index (χ3n) is 13.4. The van der Waals surface area contributed by atoms with Crippen LogP contribution in [-0.4, -0.2) is 15.0 Å². The van der Waals surface area contributed by atoms with Crippen LogP contribution in [0.1, 0.15) is 22.3 Å². The third-order valence-corrected chi connectivity index (χ3v) is 13.4. The topological polar surface area (TPSA) is 51.8 Å². The number of fused-ring (bicyclic) bond motifs is 7. The highest BCUT2D eigenvalue weighted by atomic mass is 16.3. The predicted octanol–water partition coefficient (Wildman–Crippen LogP) is 15.6. The summed E-state index contributed by atoms with van der Waals surface area (Å²) in [6, 6.07) is 84.4. The number of nitrogens with zero attached hydrogens (tertiary/aromatic N) is 3. The predicted molar refractivity (Wildman–Crippen MR) is 269 cm³/mol. The van der Waals surface area contributed by atoms with Crippen LogP contribution in [0.4, 0.5) is 0 Å². The maximum absolute atomic E-state index is 6.50. The Bertz CT molecular complexity index is 3710. The van der Waals surface area contributed by atoms with Gasteiger partial charge >= 0.3 is 0 Å². The molecular formula is C62H39N3O.